The zero-order valence-corrected chi connectivity index (χ0v) is 9.48. The van der Waals surface area contributed by atoms with Crippen LogP contribution in [-0.4, -0.2) is 13.0 Å². The van der Waals surface area contributed by atoms with Crippen molar-refractivity contribution in [2.75, 3.05) is 6.67 Å². The summed E-state index contributed by atoms with van der Waals surface area (Å²) < 4.78 is 52.2. The SMILES string of the molecule is N[C@@H](CF)c1cc(Br)cc(OC(F)(F)F)c1. The minimum absolute atomic E-state index is 0.233. The zero-order valence-electron chi connectivity index (χ0n) is 7.89. The van der Waals surface area contributed by atoms with Gasteiger partial charge in [0.25, 0.3) is 0 Å². The largest absolute Gasteiger partial charge is 0.573 e. The highest BCUT2D eigenvalue weighted by Gasteiger charge is 2.31. The fourth-order valence-corrected chi connectivity index (χ4v) is 1.57. The molecule has 1 rings (SSSR count). The van der Waals surface area contributed by atoms with Crippen LogP contribution >= 0.6 is 15.9 Å². The molecule has 0 heterocycles. The Bertz CT molecular complexity index is 369. The zero-order chi connectivity index (χ0) is 12.3. The smallest absolute Gasteiger partial charge is 0.406 e. The molecule has 7 heteroatoms. The molecule has 2 nitrogen and oxygen atoms in total. The van der Waals surface area contributed by atoms with E-state index in [2.05, 4.69) is 20.7 Å². The summed E-state index contributed by atoms with van der Waals surface area (Å²) >= 11 is 2.99. The van der Waals surface area contributed by atoms with Gasteiger partial charge in [-0.05, 0) is 23.8 Å². The van der Waals surface area contributed by atoms with E-state index in [4.69, 9.17) is 5.73 Å². The van der Waals surface area contributed by atoms with Gasteiger partial charge in [0.1, 0.15) is 12.4 Å². The third-order valence-electron chi connectivity index (χ3n) is 1.72. The van der Waals surface area contributed by atoms with Crippen LogP contribution in [0, 0.1) is 0 Å². The lowest BCUT2D eigenvalue weighted by atomic mass is 10.1. The highest BCUT2D eigenvalue weighted by molar-refractivity contribution is 9.10. The van der Waals surface area contributed by atoms with E-state index in [1.165, 1.54) is 6.07 Å². The molecule has 2 N–H and O–H groups in total. The molecule has 0 bridgehead atoms. The molecule has 0 radical (unpaired) electrons. The van der Waals surface area contributed by atoms with Gasteiger partial charge >= 0.3 is 6.36 Å². The number of ether oxygens (including phenoxy) is 1. The van der Waals surface area contributed by atoms with Crippen LogP contribution in [-0.2, 0) is 0 Å². The van der Waals surface area contributed by atoms with Gasteiger partial charge < -0.3 is 10.5 Å². The first-order valence-corrected chi connectivity index (χ1v) is 4.99. The number of alkyl halides is 4. The predicted octanol–water partition coefficient (Wildman–Crippen LogP) is 3.32. The van der Waals surface area contributed by atoms with E-state index in [9.17, 15) is 17.6 Å². The quantitative estimate of drug-likeness (QED) is 0.869. The molecule has 16 heavy (non-hydrogen) atoms. The highest BCUT2D eigenvalue weighted by Crippen LogP contribution is 2.29. The average molecular weight is 302 g/mol. The lowest BCUT2D eigenvalue weighted by Gasteiger charge is -2.13. The van der Waals surface area contributed by atoms with E-state index >= 15 is 0 Å². The van der Waals surface area contributed by atoms with Gasteiger partial charge in [-0.3, -0.25) is 0 Å². The minimum Gasteiger partial charge on any atom is -0.406 e. The summed E-state index contributed by atoms with van der Waals surface area (Å²) in [6, 6.07) is 2.66. The molecule has 0 aromatic heterocycles. The fraction of sp³-hybridized carbons (Fsp3) is 0.333. The summed E-state index contributed by atoms with van der Waals surface area (Å²) in [6.45, 7) is -0.859. The van der Waals surface area contributed by atoms with Crippen molar-refractivity contribution in [3.05, 3.63) is 28.2 Å². The van der Waals surface area contributed by atoms with E-state index in [0.717, 1.165) is 12.1 Å². The van der Waals surface area contributed by atoms with Crippen molar-refractivity contribution >= 4 is 15.9 Å². The molecule has 90 valence electrons. The Morgan fingerprint density at radius 1 is 1.31 bits per heavy atom. The number of hydrogen-bond donors (Lipinski definition) is 1. The number of rotatable bonds is 3. The second kappa shape index (κ2) is 5.01. The van der Waals surface area contributed by atoms with Gasteiger partial charge in [-0.25, -0.2) is 4.39 Å². The van der Waals surface area contributed by atoms with Gasteiger partial charge in [-0.15, -0.1) is 13.2 Å². The van der Waals surface area contributed by atoms with Crippen LogP contribution < -0.4 is 10.5 Å². The van der Waals surface area contributed by atoms with E-state index < -0.39 is 24.8 Å². The Morgan fingerprint density at radius 3 is 2.44 bits per heavy atom. The number of benzene rings is 1. The number of nitrogens with two attached hydrogens (primary N) is 1. The molecule has 1 atom stereocenters. The molecule has 0 aliphatic carbocycles. The van der Waals surface area contributed by atoms with Crippen LogP contribution in [0.2, 0.25) is 0 Å². The molecule has 0 aliphatic heterocycles. The van der Waals surface area contributed by atoms with Gasteiger partial charge in [0, 0.05) is 4.47 Å². The topological polar surface area (TPSA) is 35.2 Å². The maximum absolute atomic E-state index is 12.3. The third kappa shape index (κ3) is 3.97. The summed E-state index contributed by atoms with van der Waals surface area (Å²) in [6.07, 6.45) is -4.78. The molecule has 0 aliphatic rings. The normalized spacial score (nSPS) is 13.6. The first kappa shape index (κ1) is 13.2. The summed E-state index contributed by atoms with van der Waals surface area (Å²) in [5, 5.41) is 0. The lowest BCUT2D eigenvalue weighted by Crippen LogP contribution is -2.18. The van der Waals surface area contributed by atoms with Crippen LogP contribution in [0.4, 0.5) is 17.6 Å². The van der Waals surface area contributed by atoms with Crippen molar-refractivity contribution in [3.63, 3.8) is 0 Å². The minimum atomic E-state index is -4.78. The van der Waals surface area contributed by atoms with Crippen LogP contribution in [0.5, 0.6) is 5.75 Å². The summed E-state index contributed by atoms with van der Waals surface area (Å²) in [5.74, 6) is -0.430. The van der Waals surface area contributed by atoms with Gasteiger partial charge in [0.05, 0.1) is 6.04 Å². The second-order valence-electron chi connectivity index (χ2n) is 3.03. The van der Waals surface area contributed by atoms with Crippen molar-refractivity contribution < 1.29 is 22.3 Å². The van der Waals surface area contributed by atoms with Gasteiger partial charge in [-0.2, -0.15) is 0 Å². The van der Waals surface area contributed by atoms with Gasteiger partial charge in [-0.1, -0.05) is 15.9 Å². The predicted molar refractivity (Wildman–Crippen MR) is 53.7 cm³/mol. The Kier molecular flexibility index (Phi) is 4.15. The molecular weight excluding hydrogens is 294 g/mol. The summed E-state index contributed by atoms with van der Waals surface area (Å²) in [7, 11) is 0. The molecule has 1 aromatic carbocycles. The lowest BCUT2D eigenvalue weighted by molar-refractivity contribution is -0.274. The highest BCUT2D eigenvalue weighted by atomic mass is 79.9. The molecule has 0 fully saturated rings. The Hall–Kier alpha value is -0.820. The average Bonchev–Trinajstić information content (AvgIpc) is 2.12. The summed E-state index contributed by atoms with van der Waals surface area (Å²) in [5.41, 5.74) is 5.60. The Labute approximate surface area is 97.5 Å². The van der Waals surface area contributed by atoms with E-state index in [-0.39, 0.29) is 5.56 Å². The molecule has 1 aromatic rings. The van der Waals surface area contributed by atoms with Crippen molar-refractivity contribution in [2.24, 2.45) is 5.73 Å². The third-order valence-corrected chi connectivity index (χ3v) is 2.18. The van der Waals surface area contributed by atoms with Crippen molar-refractivity contribution in [1.82, 2.24) is 0 Å². The standard InChI is InChI=1S/C9H8BrF4NO/c10-6-1-5(8(15)4-11)2-7(3-6)16-9(12,13)14/h1-3,8H,4,15H2/t8-/m0/s1. The maximum Gasteiger partial charge on any atom is 0.573 e. The Morgan fingerprint density at radius 2 is 1.94 bits per heavy atom. The maximum atomic E-state index is 12.3. The van der Waals surface area contributed by atoms with Gasteiger partial charge in [0.2, 0.25) is 0 Å². The first-order valence-electron chi connectivity index (χ1n) is 4.19. The second-order valence-corrected chi connectivity index (χ2v) is 3.94. The first-order chi connectivity index (χ1) is 7.31. The van der Waals surface area contributed by atoms with Crippen molar-refractivity contribution in [3.8, 4) is 5.75 Å². The number of halogens is 5. The van der Waals surface area contributed by atoms with Gasteiger partial charge in [0.15, 0.2) is 0 Å². The molecule has 0 saturated heterocycles. The molecular formula is C9H8BrF4NO. The summed E-state index contributed by atoms with van der Waals surface area (Å²) in [4.78, 5) is 0. The van der Waals surface area contributed by atoms with E-state index in [0.29, 0.717) is 4.47 Å². The molecule has 0 saturated carbocycles. The van der Waals surface area contributed by atoms with Crippen molar-refractivity contribution in [2.45, 2.75) is 12.4 Å². The van der Waals surface area contributed by atoms with Crippen LogP contribution in [0.3, 0.4) is 0 Å². The molecule has 0 spiro atoms. The Balaban J connectivity index is 2.99. The molecule has 0 unspecified atom stereocenters. The van der Waals surface area contributed by atoms with E-state index in [1.54, 1.807) is 0 Å². The monoisotopic (exact) mass is 301 g/mol. The van der Waals surface area contributed by atoms with Crippen LogP contribution in [0.25, 0.3) is 0 Å². The van der Waals surface area contributed by atoms with E-state index in [1.807, 2.05) is 0 Å². The van der Waals surface area contributed by atoms with Crippen molar-refractivity contribution in [1.29, 1.82) is 0 Å². The van der Waals surface area contributed by atoms with Crippen LogP contribution in [0.15, 0.2) is 22.7 Å². The number of hydrogen-bond acceptors (Lipinski definition) is 2. The fourth-order valence-electron chi connectivity index (χ4n) is 1.08. The molecule has 0 amide bonds. The van der Waals surface area contributed by atoms with Crippen LogP contribution in [0.1, 0.15) is 11.6 Å².